The molecule has 0 atom stereocenters. The summed E-state index contributed by atoms with van der Waals surface area (Å²) in [6.07, 6.45) is 3.91. The Bertz CT molecular complexity index is 298. The van der Waals surface area contributed by atoms with Gasteiger partial charge in [0.05, 0.1) is 4.45 Å². The summed E-state index contributed by atoms with van der Waals surface area (Å²) in [5, 5.41) is 0. The van der Waals surface area contributed by atoms with Crippen molar-refractivity contribution in [3.8, 4) is 0 Å². The van der Waals surface area contributed by atoms with Gasteiger partial charge in [0.15, 0.2) is 0 Å². The molecule has 0 spiro atoms. The molecule has 1 nitrogen and oxygen atoms in total. The molecule has 0 unspecified atom stereocenters. The van der Waals surface area contributed by atoms with Gasteiger partial charge in [-0.2, -0.15) is 0 Å². The summed E-state index contributed by atoms with van der Waals surface area (Å²) in [6.45, 7) is 0. The van der Waals surface area contributed by atoms with Crippen LogP contribution in [-0.2, 0) is 12.6 Å². The second kappa shape index (κ2) is 8.50. The molecule has 0 aliphatic heterocycles. The Morgan fingerprint density at radius 3 is 2.57 bits per heavy atom. The van der Waals surface area contributed by atoms with Gasteiger partial charge in [-0.3, -0.25) is 0 Å². The zero-order chi connectivity index (χ0) is 9.52. The number of carbonyl (C=O) groups excluding carboxylic acids is 1. The maximum absolute atomic E-state index is 10.4. The summed E-state index contributed by atoms with van der Waals surface area (Å²) in [5.41, 5.74) is 1.14. The maximum atomic E-state index is 10.4. The standard InChI is InChI=1S/C10H10OS2.Na/c11-10(12)13-8-4-7-9-5-2-1-3-6-9;/h1-7H,8H2,(H,11,12);/q;+1/p-1/b7-4+;. The Morgan fingerprint density at radius 1 is 1.36 bits per heavy atom. The monoisotopic (exact) mass is 232 g/mol. The SMILES string of the molecule is O=C([S-])SC/C=C/c1ccccc1.[Na+]. The van der Waals surface area contributed by atoms with Gasteiger partial charge in [-0.25, -0.2) is 0 Å². The Hall–Kier alpha value is 0.200. The summed E-state index contributed by atoms with van der Waals surface area (Å²) in [7, 11) is 0. The molecule has 1 aromatic carbocycles. The molecule has 4 heteroatoms. The van der Waals surface area contributed by atoms with Crippen LogP contribution >= 0.6 is 11.8 Å². The van der Waals surface area contributed by atoms with Crippen LogP contribution in [0.15, 0.2) is 36.4 Å². The largest absolute Gasteiger partial charge is 1.00 e. The van der Waals surface area contributed by atoms with E-state index < -0.39 is 0 Å². The molecule has 0 amide bonds. The van der Waals surface area contributed by atoms with Gasteiger partial charge in [0.1, 0.15) is 0 Å². The summed E-state index contributed by atoms with van der Waals surface area (Å²) in [4.78, 5) is 10.4. The average Bonchev–Trinajstić information content (AvgIpc) is 2.14. The zero-order valence-electron chi connectivity index (χ0n) is 7.97. The third-order valence-electron chi connectivity index (χ3n) is 1.41. The molecule has 0 bridgehead atoms. The van der Waals surface area contributed by atoms with Crippen LogP contribution in [0.25, 0.3) is 6.08 Å². The maximum Gasteiger partial charge on any atom is 1.00 e. The third-order valence-corrected chi connectivity index (χ3v) is 2.36. The van der Waals surface area contributed by atoms with Crippen molar-refractivity contribution >= 4 is 34.9 Å². The Morgan fingerprint density at radius 2 is 2.00 bits per heavy atom. The van der Waals surface area contributed by atoms with Crippen molar-refractivity contribution in [3.63, 3.8) is 0 Å². The van der Waals surface area contributed by atoms with Gasteiger partial charge in [0.2, 0.25) is 0 Å². The molecule has 1 rings (SSSR count). The minimum atomic E-state index is -0.252. The summed E-state index contributed by atoms with van der Waals surface area (Å²) < 4.78 is -0.252. The molecule has 0 aliphatic carbocycles. The smallest absolute Gasteiger partial charge is 0.730 e. The Balaban J connectivity index is 0.00000169. The van der Waals surface area contributed by atoms with E-state index in [1.165, 1.54) is 0 Å². The minimum Gasteiger partial charge on any atom is -0.730 e. The van der Waals surface area contributed by atoms with Crippen molar-refractivity contribution in [3.05, 3.63) is 42.0 Å². The van der Waals surface area contributed by atoms with Crippen molar-refractivity contribution in [2.24, 2.45) is 0 Å². The summed E-state index contributed by atoms with van der Waals surface area (Å²) >= 11 is 5.54. The van der Waals surface area contributed by atoms with Gasteiger partial charge in [-0.05, 0) is 5.56 Å². The second-order valence-electron chi connectivity index (χ2n) is 2.37. The van der Waals surface area contributed by atoms with Gasteiger partial charge in [0.25, 0.3) is 0 Å². The fourth-order valence-corrected chi connectivity index (χ4v) is 1.40. The van der Waals surface area contributed by atoms with Crippen LogP contribution < -0.4 is 29.6 Å². The van der Waals surface area contributed by atoms with Crippen LogP contribution in [0.5, 0.6) is 0 Å². The van der Waals surface area contributed by atoms with Crippen LogP contribution in [0.1, 0.15) is 5.56 Å². The first kappa shape index (κ1) is 14.2. The molecule has 0 aromatic heterocycles. The van der Waals surface area contributed by atoms with Crippen molar-refractivity contribution in [1.82, 2.24) is 0 Å². The topological polar surface area (TPSA) is 17.1 Å². The molecule has 0 saturated carbocycles. The van der Waals surface area contributed by atoms with Crippen molar-refractivity contribution in [2.45, 2.75) is 0 Å². The predicted octanol–water partition coefficient (Wildman–Crippen LogP) is 0.104. The number of thioether (sulfide) groups is 1. The van der Waals surface area contributed by atoms with Gasteiger partial charge >= 0.3 is 29.6 Å². The molecule has 68 valence electrons. The minimum absolute atomic E-state index is 0. The third kappa shape index (κ3) is 6.62. The Kier molecular flexibility index (Phi) is 8.63. The summed E-state index contributed by atoms with van der Waals surface area (Å²) in [5.74, 6) is 0.650. The quantitative estimate of drug-likeness (QED) is 0.544. The van der Waals surface area contributed by atoms with Crippen LogP contribution in [0.3, 0.4) is 0 Å². The van der Waals surface area contributed by atoms with Gasteiger partial charge < -0.3 is 17.4 Å². The molecule has 0 saturated heterocycles. The molecule has 0 heterocycles. The number of carbonyl (C=O) groups is 1. The van der Waals surface area contributed by atoms with Crippen LogP contribution in [0, 0.1) is 0 Å². The van der Waals surface area contributed by atoms with E-state index >= 15 is 0 Å². The zero-order valence-corrected chi connectivity index (χ0v) is 11.6. The van der Waals surface area contributed by atoms with Gasteiger partial charge in [0, 0.05) is 5.75 Å². The first-order valence-corrected chi connectivity index (χ1v) is 5.24. The van der Waals surface area contributed by atoms with Crippen molar-refractivity contribution in [1.29, 1.82) is 0 Å². The molecule has 1 aromatic rings. The molecule has 14 heavy (non-hydrogen) atoms. The molecule has 0 fully saturated rings. The van der Waals surface area contributed by atoms with E-state index in [0.29, 0.717) is 5.75 Å². The average molecular weight is 232 g/mol. The van der Waals surface area contributed by atoms with Gasteiger partial charge in [-0.1, -0.05) is 42.5 Å². The fourth-order valence-electron chi connectivity index (χ4n) is 0.864. The molecular formula is C10H9NaOS2. The van der Waals surface area contributed by atoms with E-state index in [1.54, 1.807) is 0 Å². The van der Waals surface area contributed by atoms with E-state index in [4.69, 9.17) is 0 Å². The molecule has 0 N–H and O–H groups in total. The molecule has 0 radical (unpaired) electrons. The van der Waals surface area contributed by atoms with Crippen molar-refractivity contribution < 1.29 is 34.4 Å². The first-order valence-electron chi connectivity index (χ1n) is 3.84. The van der Waals surface area contributed by atoms with Crippen molar-refractivity contribution in [2.75, 3.05) is 5.75 Å². The number of benzene rings is 1. The van der Waals surface area contributed by atoms with Gasteiger partial charge in [-0.15, -0.1) is 11.8 Å². The fraction of sp³-hybridized carbons (Fsp3) is 0.100. The molecule has 0 aliphatic rings. The molecular weight excluding hydrogens is 223 g/mol. The Labute approximate surface area is 116 Å². The summed E-state index contributed by atoms with van der Waals surface area (Å²) in [6, 6.07) is 9.95. The normalized spacial score (nSPS) is 9.71. The predicted molar refractivity (Wildman–Crippen MR) is 60.7 cm³/mol. The second-order valence-corrected chi connectivity index (χ2v) is 4.00. The number of hydrogen-bond acceptors (Lipinski definition) is 3. The first-order chi connectivity index (χ1) is 6.29. The van der Waals surface area contributed by atoms with E-state index in [0.717, 1.165) is 17.3 Å². The van der Waals surface area contributed by atoms with E-state index in [2.05, 4.69) is 12.6 Å². The van der Waals surface area contributed by atoms with Crippen LogP contribution in [0.2, 0.25) is 0 Å². The van der Waals surface area contributed by atoms with E-state index in [-0.39, 0.29) is 34.0 Å². The van der Waals surface area contributed by atoms with E-state index in [1.807, 2.05) is 42.5 Å². The van der Waals surface area contributed by atoms with Crippen LogP contribution in [-0.4, -0.2) is 10.2 Å². The van der Waals surface area contributed by atoms with E-state index in [9.17, 15) is 4.79 Å². The van der Waals surface area contributed by atoms with Crippen LogP contribution in [0.4, 0.5) is 4.79 Å². The number of hydrogen-bond donors (Lipinski definition) is 0. The number of rotatable bonds is 3.